The third-order valence-electron chi connectivity index (χ3n) is 15.6. The Morgan fingerprint density at radius 2 is 1.57 bits per heavy atom. The highest BCUT2D eigenvalue weighted by atomic mass is 16.7. The van der Waals surface area contributed by atoms with Crippen molar-refractivity contribution in [2.24, 2.45) is 29.6 Å². The van der Waals surface area contributed by atoms with Crippen molar-refractivity contribution in [1.82, 2.24) is 14.9 Å². The summed E-state index contributed by atoms with van der Waals surface area (Å²) in [6.07, 6.45) is 5.94. The maximum atomic E-state index is 14.6. The Balaban J connectivity index is 1.25. The molecular formula is C55H81N3O14. The van der Waals surface area contributed by atoms with E-state index in [4.69, 9.17) is 37.9 Å². The van der Waals surface area contributed by atoms with Crippen LogP contribution in [0, 0.1) is 29.6 Å². The van der Waals surface area contributed by atoms with Gasteiger partial charge in [-0.1, -0.05) is 45.4 Å². The van der Waals surface area contributed by atoms with Gasteiger partial charge in [-0.25, -0.2) is 9.78 Å². The van der Waals surface area contributed by atoms with E-state index < -0.39 is 77.8 Å². The first kappa shape index (κ1) is 56.8. The molecule has 6 rings (SSSR count). The normalized spacial score (nSPS) is 34.8. The van der Waals surface area contributed by atoms with E-state index in [1.807, 2.05) is 39.0 Å². The average Bonchev–Trinajstić information content (AvgIpc) is 3.87. The summed E-state index contributed by atoms with van der Waals surface area (Å²) in [6.45, 7) is 11.5. The number of methoxy groups -OCH3 is 5. The van der Waals surface area contributed by atoms with E-state index in [-0.39, 0.29) is 62.2 Å². The fourth-order valence-electron chi connectivity index (χ4n) is 11.3. The fraction of sp³-hybridized carbons (Fsp3) is 0.691. The predicted molar refractivity (Wildman–Crippen MR) is 268 cm³/mol. The molecule has 0 spiro atoms. The lowest BCUT2D eigenvalue weighted by atomic mass is 9.81. The molecule has 17 nitrogen and oxygen atoms in total. The lowest BCUT2D eigenvalue weighted by Gasteiger charge is -2.47. The highest BCUT2D eigenvalue weighted by Crippen LogP contribution is 2.40. The third-order valence-corrected chi connectivity index (χ3v) is 15.6. The molecule has 4 heterocycles. The number of hydrogen-bond donors (Lipinski definition) is 3. The van der Waals surface area contributed by atoms with Gasteiger partial charge in [0.2, 0.25) is 5.79 Å². The first-order valence-electron chi connectivity index (χ1n) is 25.9. The fourth-order valence-corrected chi connectivity index (χ4v) is 11.3. The Hall–Kier alpha value is -4.49. The van der Waals surface area contributed by atoms with Crippen LogP contribution < -0.4 is 9.47 Å². The number of nitrogens with zero attached hydrogens (tertiary/aromatic N) is 2. The Bertz CT molecular complexity index is 2200. The Morgan fingerprint density at radius 1 is 0.889 bits per heavy atom. The van der Waals surface area contributed by atoms with Crippen LogP contribution in [-0.2, 0) is 54.2 Å². The summed E-state index contributed by atoms with van der Waals surface area (Å²) in [4.78, 5) is 66.6. The van der Waals surface area contributed by atoms with Crippen molar-refractivity contribution >= 4 is 23.4 Å². The van der Waals surface area contributed by atoms with Crippen LogP contribution in [0.3, 0.4) is 0 Å². The number of carbonyl (C=O) groups is 4. The van der Waals surface area contributed by atoms with Crippen molar-refractivity contribution in [2.45, 2.75) is 173 Å². The molecule has 4 aliphatic rings. The number of aromatic nitrogens is 2. The van der Waals surface area contributed by atoms with Crippen molar-refractivity contribution in [1.29, 1.82) is 0 Å². The smallest absolute Gasteiger partial charge is 0.329 e. The highest BCUT2D eigenvalue weighted by molar-refractivity contribution is 6.39. The molecular weight excluding hydrogens is 927 g/mol. The number of esters is 1. The van der Waals surface area contributed by atoms with Gasteiger partial charge >= 0.3 is 5.97 Å². The summed E-state index contributed by atoms with van der Waals surface area (Å²) >= 11 is 0. The molecule has 3 fully saturated rings. The maximum absolute atomic E-state index is 14.6. The van der Waals surface area contributed by atoms with E-state index in [0.29, 0.717) is 67.8 Å². The minimum Gasteiger partial charge on any atom is -0.497 e. The molecule has 3 N–H and O–H groups in total. The van der Waals surface area contributed by atoms with Crippen molar-refractivity contribution in [3.8, 4) is 22.8 Å². The number of rotatable bonds is 12. The average molecular weight is 1010 g/mol. The third kappa shape index (κ3) is 13.4. The largest absolute Gasteiger partial charge is 0.497 e. The summed E-state index contributed by atoms with van der Waals surface area (Å²) in [7, 11) is 7.93. The number of nitrogens with one attached hydrogen (secondary N) is 1. The number of hydrogen-bond acceptors (Lipinski definition) is 15. The number of carbonyl (C=O) groups excluding carboxylic acids is 4. The molecule has 72 heavy (non-hydrogen) atoms. The second kappa shape index (κ2) is 25.6. The Morgan fingerprint density at radius 3 is 2.22 bits per heavy atom. The number of ether oxygens (including phenoxy) is 8. The summed E-state index contributed by atoms with van der Waals surface area (Å²) in [6, 6.07) is 4.44. The van der Waals surface area contributed by atoms with Crippen LogP contribution in [-0.4, -0.2) is 145 Å². The quantitative estimate of drug-likeness (QED) is 0.110. The number of ketones is 2. The number of benzene rings is 1. The number of aliphatic hydroxyl groups is 2. The molecule has 1 saturated carbocycles. The summed E-state index contributed by atoms with van der Waals surface area (Å²) in [5.41, 5.74) is 3.30. The molecule has 17 heteroatoms. The first-order chi connectivity index (χ1) is 34.4. The van der Waals surface area contributed by atoms with Crippen LogP contribution in [0.1, 0.15) is 118 Å². The molecule has 2 aromatic rings. The van der Waals surface area contributed by atoms with Gasteiger partial charge in [0, 0.05) is 63.7 Å². The predicted octanol–water partition coefficient (Wildman–Crippen LogP) is 7.10. The zero-order chi connectivity index (χ0) is 52.4. The van der Waals surface area contributed by atoms with Gasteiger partial charge in [0.05, 0.1) is 56.6 Å². The van der Waals surface area contributed by atoms with E-state index >= 15 is 0 Å². The number of H-pyrrole nitrogens is 1. The van der Waals surface area contributed by atoms with Crippen LogP contribution in [0.25, 0.3) is 11.3 Å². The number of piperidine rings is 1. The Kier molecular flexibility index (Phi) is 20.2. The minimum atomic E-state index is -2.52. The summed E-state index contributed by atoms with van der Waals surface area (Å²) < 4.78 is 47.8. The van der Waals surface area contributed by atoms with Crippen molar-refractivity contribution in [3.05, 3.63) is 53.5 Å². The monoisotopic (exact) mass is 1010 g/mol. The molecule has 2 saturated heterocycles. The molecule has 3 aliphatic heterocycles. The maximum Gasteiger partial charge on any atom is 0.329 e. The van der Waals surface area contributed by atoms with Gasteiger partial charge in [-0.15, -0.1) is 0 Å². The molecule has 0 radical (unpaired) electrons. The molecule has 2 bridgehead atoms. The molecule has 1 amide bonds. The number of Topliss-reactive ketones (excluding diaryl/α,β-unsaturated/α-hetero) is 2. The van der Waals surface area contributed by atoms with E-state index in [1.165, 1.54) is 19.1 Å². The zero-order valence-corrected chi connectivity index (χ0v) is 44.3. The minimum absolute atomic E-state index is 0.0194. The number of fused-ring (bicyclic) bond motifs is 3. The number of aromatic amines is 1. The SMILES string of the molecule is CC[C@@H]1/C=C(/C)C[C@H](C)C[C@H](OC)[C@H]2O[C@@](O)(C(=O)C(=O)N3CCCC[C@H]3C(=O)O[C@H](/C(C)=C/[C@@H]3CC[C@@H](OCc4ncc(-c5cc(OC)cc(OC)c5)[nH]4)[C@H](OC)C3)[C@H](C)[C@@H](O)CC1=O)[C@H](C)C[C@@H]2OC. The number of allylic oxidation sites excluding steroid dienone is 3. The molecule has 14 atom stereocenters. The molecule has 400 valence electrons. The van der Waals surface area contributed by atoms with E-state index in [9.17, 15) is 29.4 Å². The van der Waals surface area contributed by atoms with Crippen LogP contribution in [0.5, 0.6) is 11.5 Å². The van der Waals surface area contributed by atoms with Crippen molar-refractivity contribution in [3.63, 3.8) is 0 Å². The van der Waals surface area contributed by atoms with Crippen LogP contribution in [0.4, 0.5) is 0 Å². The van der Waals surface area contributed by atoms with Crippen molar-refractivity contribution in [2.75, 3.05) is 42.1 Å². The molecule has 1 aliphatic carbocycles. The van der Waals surface area contributed by atoms with Crippen LogP contribution in [0.2, 0.25) is 0 Å². The van der Waals surface area contributed by atoms with Gasteiger partial charge in [0.25, 0.3) is 11.7 Å². The first-order valence-corrected chi connectivity index (χ1v) is 25.9. The summed E-state index contributed by atoms with van der Waals surface area (Å²) in [5.74, 6) is -5.69. The van der Waals surface area contributed by atoms with Gasteiger partial charge in [0.15, 0.2) is 0 Å². The standard InChI is InChI=1S/C55H81N3O14/c1-12-37-20-31(2)19-32(3)21-47(68-10)51-48(69-11)23-34(5)55(64,72-51)52(61)53(62)58-18-14-13-15-42(58)54(63)71-50(35(6)43(59)28-44(37)60)33(4)22-36-16-17-45(46(24-36)67-9)70-30-49-56-29-41(57-49)38-25-39(65-7)27-40(26-38)66-8/h20,22,25-27,29,32,34-37,42-43,45-48,50-51,59,64H,12-19,21,23-24,28,30H2,1-11H3,(H,56,57)/b31-20-,33-22+/t32-,34+,35+,36-,37+,42-,43-,45+,46+,47-,48-,50+,51+,55+/m0/s1. The second-order valence-corrected chi connectivity index (χ2v) is 20.8. The van der Waals surface area contributed by atoms with Gasteiger partial charge in [-0.2, -0.15) is 0 Å². The van der Waals surface area contributed by atoms with Crippen LogP contribution >= 0.6 is 0 Å². The number of aliphatic hydroxyl groups excluding tert-OH is 1. The molecule has 1 aromatic heterocycles. The van der Waals surface area contributed by atoms with Crippen LogP contribution in [0.15, 0.2) is 47.7 Å². The van der Waals surface area contributed by atoms with Gasteiger partial charge in [-0.05, 0) is 108 Å². The lowest BCUT2D eigenvalue weighted by Crippen LogP contribution is -2.64. The van der Waals surface area contributed by atoms with E-state index in [0.717, 1.165) is 23.3 Å². The van der Waals surface area contributed by atoms with Crippen molar-refractivity contribution < 1.29 is 67.3 Å². The van der Waals surface area contributed by atoms with Gasteiger partial charge < -0.3 is 58.0 Å². The van der Waals surface area contributed by atoms with E-state index in [2.05, 4.69) is 23.0 Å². The Labute approximate surface area is 425 Å². The zero-order valence-electron chi connectivity index (χ0n) is 44.3. The topological polar surface area (TPSA) is 214 Å². The second-order valence-electron chi connectivity index (χ2n) is 20.8. The highest BCUT2D eigenvalue weighted by Gasteiger charge is 2.56. The number of cyclic esters (lactones) is 1. The molecule has 0 unspecified atom stereocenters. The van der Waals surface area contributed by atoms with E-state index in [1.54, 1.807) is 47.4 Å². The van der Waals surface area contributed by atoms with Gasteiger partial charge in [-0.3, -0.25) is 14.4 Å². The number of amides is 1. The molecule has 1 aromatic carbocycles. The number of imidazole rings is 1. The van der Waals surface area contributed by atoms with Gasteiger partial charge in [0.1, 0.15) is 48.0 Å². The lowest BCUT2D eigenvalue weighted by molar-refractivity contribution is -0.302. The summed E-state index contributed by atoms with van der Waals surface area (Å²) in [5, 5.41) is 24.1.